The molecule has 0 saturated carbocycles. The SMILES string of the molecule is O=C(COc1cccc(Cl)c1Cl)N/N=C\c1cccc(Oc2ccccc2)c1. The number of para-hydroxylation sites is 1. The number of halogens is 2. The van der Waals surface area contributed by atoms with Gasteiger partial charge in [0.05, 0.1) is 11.2 Å². The van der Waals surface area contributed by atoms with Gasteiger partial charge in [0.2, 0.25) is 0 Å². The van der Waals surface area contributed by atoms with Crippen LogP contribution in [0.2, 0.25) is 10.0 Å². The Balaban J connectivity index is 1.52. The second-order valence-corrected chi connectivity index (χ2v) is 6.41. The molecular weight excluding hydrogens is 399 g/mol. The van der Waals surface area contributed by atoms with Crippen LogP contribution < -0.4 is 14.9 Å². The van der Waals surface area contributed by atoms with E-state index >= 15 is 0 Å². The van der Waals surface area contributed by atoms with Crippen molar-refractivity contribution >= 4 is 35.3 Å². The summed E-state index contributed by atoms with van der Waals surface area (Å²) < 4.78 is 11.1. The van der Waals surface area contributed by atoms with E-state index in [1.807, 2.05) is 54.6 Å². The molecule has 0 heterocycles. The van der Waals surface area contributed by atoms with Gasteiger partial charge in [-0.05, 0) is 42.0 Å². The molecule has 7 heteroatoms. The number of nitrogens with one attached hydrogen (secondary N) is 1. The first-order valence-corrected chi connectivity index (χ1v) is 9.09. The third-order valence-electron chi connectivity index (χ3n) is 3.51. The van der Waals surface area contributed by atoms with Crippen LogP contribution in [0, 0.1) is 0 Å². The monoisotopic (exact) mass is 414 g/mol. The van der Waals surface area contributed by atoms with Crippen molar-refractivity contribution in [3.63, 3.8) is 0 Å². The van der Waals surface area contributed by atoms with Crippen molar-refractivity contribution in [1.82, 2.24) is 5.43 Å². The van der Waals surface area contributed by atoms with Crippen LogP contribution in [0.3, 0.4) is 0 Å². The molecule has 0 unspecified atom stereocenters. The molecule has 5 nitrogen and oxygen atoms in total. The first-order valence-electron chi connectivity index (χ1n) is 8.33. The fourth-order valence-electron chi connectivity index (χ4n) is 2.23. The zero-order valence-corrected chi connectivity index (χ0v) is 16.2. The van der Waals surface area contributed by atoms with Crippen molar-refractivity contribution in [1.29, 1.82) is 0 Å². The topological polar surface area (TPSA) is 59.9 Å². The van der Waals surface area contributed by atoms with Crippen LogP contribution in [0.25, 0.3) is 0 Å². The van der Waals surface area contributed by atoms with Gasteiger partial charge in [-0.2, -0.15) is 5.10 Å². The van der Waals surface area contributed by atoms with Crippen molar-refractivity contribution in [3.8, 4) is 17.2 Å². The Bertz CT molecular complexity index is 978. The molecule has 0 aromatic heterocycles. The number of hydrogen-bond acceptors (Lipinski definition) is 4. The van der Waals surface area contributed by atoms with Gasteiger partial charge in [-0.1, -0.05) is 59.6 Å². The van der Waals surface area contributed by atoms with E-state index in [2.05, 4.69) is 10.5 Å². The van der Waals surface area contributed by atoms with Crippen LogP contribution in [0.1, 0.15) is 5.56 Å². The van der Waals surface area contributed by atoms with Crippen LogP contribution in [-0.4, -0.2) is 18.7 Å². The quantitative estimate of drug-likeness (QED) is 0.420. The van der Waals surface area contributed by atoms with Crippen molar-refractivity contribution in [2.45, 2.75) is 0 Å². The number of benzene rings is 3. The summed E-state index contributed by atoms with van der Waals surface area (Å²) >= 11 is 11.9. The fraction of sp³-hybridized carbons (Fsp3) is 0.0476. The van der Waals surface area contributed by atoms with E-state index in [9.17, 15) is 4.79 Å². The van der Waals surface area contributed by atoms with Gasteiger partial charge in [0, 0.05) is 0 Å². The van der Waals surface area contributed by atoms with Crippen molar-refractivity contribution in [2.75, 3.05) is 6.61 Å². The minimum atomic E-state index is -0.427. The van der Waals surface area contributed by atoms with E-state index in [0.717, 1.165) is 11.3 Å². The molecule has 1 amide bonds. The van der Waals surface area contributed by atoms with Crippen LogP contribution in [-0.2, 0) is 4.79 Å². The highest BCUT2D eigenvalue weighted by Gasteiger charge is 2.07. The molecule has 3 aromatic rings. The number of hydrogen-bond donors (Lipinski definition) is 1. The number of ether oxygens (including phenoxy) is 2. The number of carbonyl (C=O) groups excluding carboxylic acids is 1. The molecule has 0 atom stereocenters. The summed E-state index contributed by atoms with van der Waals surface area (Å²) in [5.41, 5.74) is 3.16. The average Bonchev–Trinajstić information content (AvgIpc) is 2.70. The Hall–Kier alpha value is -3.02. The number of amides is 1. The lowest BCUT2D eigenvalue weighted by Gasteiger charge is -2.07. The molecule has 28 heavy (non-hydrogen) atoms. The number of carbonyl (C=O) groups is 1. The average molecular weight is 415 g/mol. The molecule has 0 spiro atoms. The predicted molar refractivity (Wildman–Crippen MR) is 111 cm³/mol. The lowest BCUT2D eigenvalue weighted by Crippen LogP contribution is -2.24. The van der Waals surface area contributed by atoms with Crippen LogP contribution in [0.5, 0.6) is 17.2 Å². The Morgan fingerprint density at radius 1 is 0.964 bits per heavy atom. The van der Waals surface area contributed by atoms with E-state index in [1.54, 1.807) is 18.2 Å². The number of rotatable bonds is 7. The maximum absolute atomic E-state index is 11.9. The number of hydrazone groups is 1. The van der Waals surface area contributed by atoms with E-state index in [0.29, 0.717) is 16.5 Å². The van der Waals surface area contributed by atoms with Gasteiger partial charge in [0.1, 0.15) is 22.3 Å². The summed E-state index contributed by atoms with van der Waals surface area (Å²) in [5.74, 6) is 1.31. The summed E-state index contributed by atoms with van der Waals surface area (Å²) in [6.07, 6.45) is 1.52. The minimum absolute atomic E-state index is 0.242. The van der Waals surface area contributed by atoms with Gasteiger partial charge in [0.15, 0.2) is 6.61 Å². The van der Waals surface area contributed by atoms with Crippen LogP contribution in [0.15, 0.2) is 77.9 Å². The van der Waals surface area contributed by atoms with Gasteiger partial charge < -0.3 is 9.47 Å². The molecule has 0 radical (unpaired) electrons. The predicted octanol–water partition coefficient (Wildman–Crippen LogP) is 5.31. The van der Waals surface area contributed by atoms with Gasteiger partial charge in [-0.25, -0.2) is 5.43 Å². The highest BCUT2D eigenvalue weighted by molar-refractivity contribution is 6.42. The van der Waals surface area contributed by atoms with Gasteiger partial charge >= 0.3 is 0 Å². The summed E-state index contributed by atoms with van der Waals surface area (Å²) in [5, 5.41) is 4.54. The zero-order chi connectivity index (χ0) is 19.8. The highest BCUT2D eigenvalue weighted by atomic mass is 35.5. The van der Waals surface area contributed by atoms with E-state index < -0.39 is 5.91 Å². The molecule has 3 aromatic carbocycles. The third kappa shape index (κ3) is 5.74. The van der Waals surface area contributed by atoms with Gasteiger partial charge in [-0.15, -0.1) is 0 Å². The normalized spacial score (nSPS) is 10.6. The third-order valence-corrected chi connectivity index (χ3v) is 4.32. The molecule has 0 bridgehead atoms. The Labute approximate surface area is 172 Å². The van der Waals surface area contributed by atoms with Gasteiger partial charge in [-0.3, -0.25) is 4.79 Å². The first-order chi connectivity index (χ1) is 13.6. The van der Waals surface area contributed by atoms with Crippen LogP contribution >= 0.6 is 23.2 Å². The van der Waals surface area contributed by atoms with E-state index in [-0.39, 0.29) is 11.6 Å². The molecule has 3 rings (SSSR count). The molecular formula is C21H16Cl2N2O3. The van der Waals surface area contributed by atoms with Crippen molar-refractivity contribution in [3.05, 3.63) is 88.4 Å². The lowest BCUT2D eigenvalue weighted by atomic mass is 10.2. The Morgan fingerprint density at radius 3 is 2.54 bits per heavy atom. The van der Waals surface area contributed by atoms with Gasteiger partial charge in [0.25, 0.3) is 5.91 Å². The molecule has 0 aliphatic rings. The second-order valence-electron chi connectivity index (χ2n) is 5.62. The minimum Gasteiger partial charge on any atom is -0.482 e. The molecule has 0 aliphatic heterocycles. The molecule has 142 valence electrons. The van der Waals surface area contributed by atoms with E-state index in [4.69, 9.17) is 32.7 Å². The fourth-order valence-corrected chi connectivity index (χ4v) is 2.58. The first kappa shape index (κ1) is 19.7. The smallest absolute Gasteiger partial charge is 0.277 e. The molecule has 0 fully saturated rings. The Kier molecular flexibility index (Phi) is 6.89. The second kappa shape index (κ2) is 9.78. The Morgan fingerprint density at radius 2 is 1.71 bits per heavy atom. The standard InChI is InChI=1S/C21H16Cl2N2O3/c22-18-10-5-11-19(21(18)23)27-14-20(26)25-24-13-15-6-4-9-17(12-15)28-16-7-2-1-3-8-16/h1-13H,14H2,(H,25,26)/b24-13-. The summed E-state index contributed by atoms with van der Waals surface area (Å²) in [6.45, 7) is -0.242. The largest absolute Gasteiger partial charge is 0.482 e. The zero-order valence-electron chi connectivity index (χ0n) is 14.6. The molecule has 1 N–H and O–H groups in total. The van der Waals surface area contributed by atoms with Crippen molar-refractivity contribution in [2.24, 2.45) is 5.10 Å². The molecule has 0 aliphatic carbocycles. The van der Waals surface area contributed by atoms with Crippen LogP contribution in [0.4, 0.5) is 0 Å². The summed E-state index contributed by atoms with van der Waals surface area (Å²) in [4.78, 5) is 11.9. The maximum Gasteiger partial charge on any atom is 0.277 e. The maximum atomic E-state index is 11.9. The highest BCUT2D eigenvalue weighted by Crippen LogP contribution is 2.31. The summed E-state index contributed by atoms with van der Waals surface area (Å²) in [7, 11) is 0. The van der Waals surface area contributed by atoms with E-state index in [1.165, 1.54) is 6.21 Å². The lowest BCUT2D eigenvalue weighted by molar-refractivity contribution is -0.123. The number of nitrogens with zero attached hydrogens (tertiary/aromatic N) is 1. The molecule has 0 saturated heterocycles. The van der Waals surface area contributed by atoms with Crippen molar-refractivity contribution < 1.29 is 14.3 Å². The summed E-state index contributed by atoms with van der Waals surface area (Å²) in [6, 6.07) is 21.7.